The Kier molecular flexibility index (Phi) is 4.09. The van der Waals surface area contributed by atoms with Crippen LogP contribution in [0.5, 0.6) is 0 Å². The highest BCUT2D eigenvalue weighted by Gasteiger charge is 2.04. The lowest BCUT2D eigenvalue weighted by molar-refractivity contribution is 0.677. The number of hydrogen-bond donors (Lipinski definition) is 3. The fourth-order valence-corrected chi connectivity index (χ4v) is 0.552. The minimum Gasteiger partial charge on any atom is -0.389 e. The van der Waals surface area contributed by atoms with Crippen LogP contribution < -0.4 is 16.0 Å². The van der Waals surface area contributed by atoms with Gasteiger partial charge in [-0.3, -0.25) is 10.6 Å². The van der Waals surface area contributed by atoms with Gasteiger partial charge in [-0.15, -0.1) is 0 Å². The Bertz CT molecular complexity index is 86.3. The molecular weight excluding hydrogens is 114 g/mol. The lowest BCUT2D eigenvalue weighted by Gasteiger charge is -2.15. The van der Waals surface area contributed by atoms with E-state index in [4.69, 9.17) is 0 Å². The zero-order valence-corrected chi connectivity index (χ0v) is 6.21. The Morgan fingerprint density at radius 2 is 1.44 bits per heavy atom. The second-order valence-electron chi connectivity index (χ2n) is 1.60. The summed E-state index contributed by atoms with van der Waals surface area (Å²) in [5.41, 5.74) is 0.861. The largest absolute Gasteiger partial charge is 0.389 e. The van der Waals surface area contributed by atoms with Crippen molar-refractivity contribution in [1.82, 2.24) is 16.0 Å². The van der Waals surface area contributed by atoms with Crippen molar-refractivity contribution in [2.24, 2.45) is 0 Å². The van der Waals surface area contributed by atoms with E-state index in [1.807, 2.05) is 21.1 Å². The van der Waals surface area contributed by atoms with E-state index in [2.05, 4.69) is 22.5 Å². The molecule has 3 nitrogen and oxygen atoms in total. The lowest BCUT2D eigenvalue weighted by atomic mass is 10.4. The minimum atomic E-state index is 0.861. The Hall–Kier alpha value is -0.540. The summed E-state index contributed by atoms with van der Waals surface area (Å²) < 4.78 is 0. The average Bonchev–Trinajstić information content (AvgIpc) is 1.90. The van der Waals surface area contributed by atoms with Crippen molar-refractivity contribution in [2.75, 3.05) is 21.1 Å². The summed E-state index contributed by atoms with van der Waals surface area (Å²) in [6.45, 7) is 3.74. The monoisotopic (exact) mass is 128 g/mol. The molecule has 0 amide bonds. The maximum Gasteiger partial charge on any atom is 0.147 e. The summed E-state index contributed by atoms with van der Waals surface area (Å²) in [5, 5.41) is 8.80. The van der Waals surface area contributed by atoms with Gasteiger partial charge in [-0.2, -0.15) is 0 Å². The van der Waals surface area contributed by atoms with E-state index in [-0.39, 0.29) is 0 Å². The number of nitrogens with one attached hydrogen (secondary N) is 3. The van der Waals surface area contributed by atoms with E-state index >= 15 is 0 Å². The highest BCUT2D eigenvalue weighted by Crippen LogP contribution is 1.95. The van der Waals surface area contributed by atoms with Crippen LogP contribution in [0.4, 0.5) is 0 Å². The van der Waals surface area contributed by atoms with Crippen molar-refractivity contribution in [2.45, 2.75) is 0 Å². The van der Waals surface area contributed by atoms with Gasteiger partial charge in [0.2, 0.25) is 0 Å². The molecule has 0 aliphatic carbocycles. The maximum atomic E-state index is 3.74. The summed E-state index contributed by atoms with van der Waals surface area (Å²) in [6, 6.07) is 0. The molecule has 0 heterocycles. The van der Waals surface area contributed by atoms with E-state index < -0.39 is 0 Å². The maximum absolute atomic E-state index is 3.74. The quantitative estimate of drug-likeness (QED) is 0.484. The van der Waals surface area contributed by atoms with Crippen molar-refractivity contribution in [1.29, 1.82) is 0 Å². The van der Waals surface area contributed by atoms with Crippen molar-refractivity contribution >= 4 is 0 Å². The van der Waals surface area contributed by atoms with Crippen LogP contribution in [0.3, 0.4) is 0 Å². The van der Waals surface area contributed by atoms with E-state index in [1.165, 1.54) is 0 Å². The molecule has 0 saturated heterocycles. The molecule has 1 radical (unpaired) electrons. The topological polar surface area (TPSA) is 36.1 Å². The third-order valence-electron chi connectivity index (χ3n) is 1.10. The van der Waals surface area contributed by atoms with Crippen molar-refractivity contribution in [3.05, 3.63) is 18.4 Å². The predicted molar refractivity (Wildman–Crippen MR) is 39.6 cm³/mol. The van der Waals surface area contributed by atoms with Gasteiger partial charge in [-0.25, -0.2) is 0 Å². The molecule has 0 aliphatic rings. The molecule has 3 heteroatoms. The average molecular weight is 128 g/mol. The van der Waals surface area contributed by atoms with E-state index in [0.717, 1.165) is 11.9 Å². The second kappa shape index (κ2) is 4.35. The number of likely N-dealkylation sites (N-methyl/N-ethyl adjacent to an activating group) is 3. The Balaban J connectivity index is 3.64. The fourth-order valence-electron chi connectivity index (χ4n) is 0.552. The summed E-state index contributed by atoms with van der Waals surface area (Å²) in [4.78, 5) is 0. The summed E-state index contributed by atoms with van der Waals surface area (Å²) >= 11 is 0. The normalized spacial score (nSPS) is 9.78. The standard InChI is InChI=1S/C6H14N3/c1-5(7-2)6(8-3)9-4/h7-9H,1H2,2-4H3. The van der Waals surface area contributed by atoms with Crippen LogP contribution in [-0.2, 0) is 0 Å². The van der Waals surface area contributed by atoms with Gasteiger partial charge in [-0.1, -0.05) is 6.58 Å². The molecule has 0 aromatic rings. The Labute approximate surface area is 56.5 Å². The van der Waals surface area contributed by atoms with Gasteiger partial charge in [0, 0.05) is 12.7 Å². The molecule has 0 aromatic heterocycles. The first-order valence-corrected chi connectivity index (χ1v) is 2.85. The van der Waals surface area contributed by atoms with Gasteiger partial charge in [0.05, 0.1) is 0 Å². The molecule has 0 aliphatic heterocycles. The van der Waals surface area contributed by atoms with E-state index in [9.17, 15) is 0 Å². The highest BCUT2D eigenvalue weighted by molar-refractivity contribution is 5.13. The molecular formula is C6H14N3. The van der Waals surface area contributed by atoms with E-state index in [1.54, 1.807) is 0 Å². The molecule has 0 fully saturated rings. The Morgan fingerprint density at radius 1 is 1.00 bits per heavy atom. The van der Waals surface area contributed by atoms with Crippen molar-refractivity contribution < 1.29 is 0 Å². The smallest absolute Gasteiger partial charge is 0.147 e. The van der Waals surface area contributed by atoms with Crippen molar-refractivity contribution in [3.63, 3.8) is 0 Å². The van der Waals surface area contributed by atoms with Gasteiger partial charge in [0.1, 0.15) is 6.17 Å². The molecule has 0 unspecified atom stereocenters. The number of hydrogen-bond acceptors (Lipinski definition) is 3. The summed E-state index contributed by atoms with van der Waals surface area (Å²) in [5.74, 6) is 0. The summed E-state index contributed by atoms with van der Waals surface area (Å²) in [6.07, 6.45) is 0.914. The molecule has 0 atom stereocenters. The first kappa shape index (κ1) is 8.46. The van der Waals surface area contributed by atoms with E-state index in [0.29, 0.717) is 0 Å². The van der Waals surface area contributed by atoms with Crippen LogP contribution in [0.2, 0.25) is 0 Å². The van der Waals surface area contributed by atoms with Crippen LogP contribution in [0.1, 0.15) is 0 Å². The van der Waals surface area contributed by atoms with Crippen LogP contribution in [0.15, 0.2) is 12.3 Å². The van der Waals surface area contributed by atoms with Gasteiger partial charge < -0.3 is 5.32 Å². The fraction of sp³-hybridized carbons (Fsp3) is 0.500. The lowest BCUT2D eigenvalue weighted by Crippen LogP contribution is -2.34. The molecule has 9 heavy (non-hydrogen) atoms. The third kappa shape index (κ3) is 2.49. The second-order valence-corrected chi connectivity index (χ2v) is 1.60. The molecule has 0 saturated carbocycles. The van der Waals surface area contributed by atoms with Crippen LogP contribution in [-0.4, -0.2) is 21.1 Å². The molecule has 53 valence electrons. The third-order valence-corrected chi connectivity index (χ3v) is 1.10. The first-order chi connectivity index (χ1) is 4.26. The Morgan fingerprint density at radius 3 is 1.56 bits per heavy atom. The summed E-state index contributed by atoms with van der Waals surface area (Å²) in [7, 11) is 5.51. The zero-order valence-electron chi connectivity index (χ0n) is 6.21. The first-order valence-electron chi connectivity index (χ1n) is 2.85. The van der Waals surface area contributed by atoms with Gasteiger partial charge in [-0.05, 0) is 14.1 Å². The molecule has 0 spiro atoms. The zero-order chi connectivity index (χ0) is 7.28. The van der Waals surface area contributed by atoms with Gasteiger partial charge in [0.25, 0.3) is 0 Å². The predicted octanol–water partition coefficient (Wildman–Crippen LogP) is -0.352. The van der Waals surface area contributed by atoms with Crippen LogP contribution in [0.25, 0.3) is 0 Å². The van der Waals surface area contributed by atoms with Crippen LogP contribution >= 0.6 is 0 Å². The van der Waals surface area contributed by atoms with Gasteiger partial charge in [0.15, 0.2) is 0 Å². The molecule has 0 bridgehead atoms. The highest BCUT2D eigenvalue weighted by atomic mass is 15.1. The van der Waals surface area contributed by atoms with Crippen LogP contribution in [0, 0.1) is 6.17 Å². The minimum absolute atomic E-state index is 0.861. The SMILES string of the molecule is C=C(NC)[C](NC)NC. The number of rotatable bonds is 4. The van der Waals surface area contributed by atoms with Gasteiger partial charge >= 0.3 is 0 Å². The molecule has 0 rings (SSSR count). The molecule has 0 aromatic carbocycles. The van der Waals surface area contributed by atoms with Crippen molar-refractivity contribution in [3.8, 4) is 0 Å². The molecule has 3 N–H and O–H groups in total.